The average Bonchev–Trinajstić information content (AvgIpc) is 2.15. The Morgan fingerprint density at radius 1 is 1.31 bits per heavy atom. The number of likely N-dealkylation sites (N-methyl/N-ethyl adjacent to an activating group) is 1. The third kappa shape index (κ3) is 1.85. The summed E-state index contributed by atoms with van der Waals surface area (Å²) in [6.45, 7) is 6.14. The molecule has 0 unspecified atom stereocenters. The molecule has 1 aliphatic rings. The molecule has 2 rings (SSSR count). The number of hydrogen-bond acceptors (Lipinski definition) is 2. The van der Waals surface area contributed by atoms with Gasteiger partial charge in [0, 0.05) is 30.2 Å². The zero-order valence-corrected chi connectivity index (χ0v) is 10.1. The summed E-state index contributed by atoms with van der Waals surface area (Å²) in [5.74, 6) is -0.119. The summed E-state index contributed by atoms with van der Waals surface area (Å²) in [5.41, 5.74) is 0.502. The molecule has 1 N–H and O–H groups in total. The Kier molecular flexibility index (Phi) is 3.00. The van der Waals surface area contributed by atoms with Crippen LogP contribution in [0.5, 0.6) is 0 Å². The molecule has 1 saturated heterocycles. The normalized spacial score (nSPS) is 17.6. The molecule has 2 nitrogen and oxygen atoms in total. The maximum Gasteiger partial charge on any atom is 0.128 e. The molecule has 88 valence electrons. The smallest absolute Gasteiger partial charge is 0.128 e. The Morgan fingerprint density at radius 2 is 1.94 bits per heavy atom. The van der Waals surface area contributed by atoms with Crippen molar-refractivity contribution in [2.75, 3.05) is 20.1 Å². The highest BCUT2D eigenvalue weighted by molar-refractivity contribution is 5.25. The molecular weight excluding hydrogens is 203 g/mol. The van der Waals surface area contributed by atoms with Crippen molar-refractivity contribution in [3.63, 3.8) is 0 Å². The van der Waals surface area contributed by atoms with Gasteiger partial charge < -0.3 is 5.32 Å². The zero-order valence-electron chi connectivity index (χ0n) is 10.1. The van der Waals surface area contributed by atoms with Crippen LogP contribution in [0, 0.1) is 5.82 Å². The quantitative estimate of drug-likeness (QED) is 0.841. The fourth-order valence-corrected chi connectivity index (χ4v) is 2.15. The largest absolute Gasteiger partial charge is 0.314 e. The van der Waals surface area contributed by atoms with Crippen LogP contribution in [0.1, 0.15) is 19.4 Å². The van der Waals surface area contributed by atoms with Crippen LogP contribution in [-0.4, -0.2) is 31.1 Å². The van der Waals surface area contributed by atoms with Crippen LogP contribution in [0.15, 0.2) is 24.3 Å². The molecule has 16 heavy (non-hydrogen) atoms. The minimum Gasteiger partial charge on any atom is -0.314 e. The summed E-state index contributed by atoms with van der Waals surface area (Å²) >= 11 is 0. The first kappa shape index (κ1) is 11.6. The molecule has 1 aromatic rings. The predicted octanol–water partition coefficient (Wildman–Crippen LogP) is 1.96. The van der Waals surface area contributed by atoms with E-state index in [-0.39, 0.29) is 11.4 Å². The molecule has 0 bridgehead atoms. The fourth-order valence-electron chi connectivity index (χ4n) is 2.15. The number of hydrogen-bond donors (Lipinski definition) is 1. The number of rotatable bonds is 3. The van der Waals surface area contributed by atoms with Crippen molar-refractivity contribution in [3.8, 4) is 0 Å². The highest BCUT2D eigenvalue weighted by atomic mass is 19.1. The second-order valence-corrected chi connectivity index (χ2v) is 4.96. The third-order valence-corrected chi connectivity index (χ3v) is 3.72. The third-order valence-electron chi connectivity index (χ3n) is 3.72. The molecule has 1 fully saturated rings. The molecule has 0 atom stereocenters. The van der Waals surface area contributed by atoms with Crippen molar-refractivity contribution in [2.45, 2.75) is 25.4 Å². The first-order valence-corrected chi connectivity index (χ1v) is 5.72. The first-order valence-electron chi connectivity index (χ1n) is 5.72. The van der Waals surface area contributed by atoms with Gasteiger partial charge in [0.25, 0.3) is 0 Å². The van der Waals surface area contributed by atoms with Gasteiger partial charge in [-0.25, -0.2) is 4.39 Å². The summed E-state index contributed by atoms with van der Waals surface area (Å²) in [7, 11) is 2.07. The molecular formula is C13H19FN2. The summed E-state index contributed by atoms with van der Waals surface area (Å²) < 4.78 is 13.8. The Bertz CT molecular complexity index is 372. The van der Waals surface area contributed by atoms with Gasteiger partial charge in [-0.05, 0) is 27.0 Å². The maximum absolute atomic E-state index is 13.8. The van der Waals surface area contributed by atoms with Crippen molar-refractivity contribution in [1.29, 1.82) is 0 Å². The first-order chi connectivity index (χ1) is 7.53. The van der Waals surface area contributed by atoms with E-state index in [1.54, 1.807) is 6.07 Å². The zero-order chi connectivity index (χ0) is 11.8. The van der Waals surface area contributed by atoms with Crippen molar-refractivity contribution in [2.24, 2.45) is 0 Å². The Labute approximate surface area is 96.5 Å². The van der Waals surface area contributed by atoms with Crippen molar-refractivity contribution in [3.05, 3.63) is 35.6 Å². The Hall–Kier alpha value is -0.930. The van der Waals surface area contributed by atoms with Crippen molar-refractivity contribution < 1.29 is 4.39 Å². The van der Waals surface area contributed by atoms with Gasteiger partial charge in [-0.15, -0.1) is 0 Å². The minimum atomic E-state index is -0.266. The van der Waals surface area contributed by atoms with Gasteiger partial charge >= 0.3 is 0 Å². The van der Waals surface area contributed by atoms with Crippen LogP contribution in [0.2, 0.25) is 0 Å². The molecule has 0 radical (unpaired) electrons. The van der Waals surface area contributed by atoms with Gasteiger partial charge in [0.15, 0.2) is 0 Å². The number of nitrogens with one attached hydrogen (secondary N) is 1. The minimum absolute atomic E-state index is 0.119. The fraction of sp³-hybridized carbons (Fsp3) is 0.538. The van der Waals surface area contributed by atoms with Gasteiger partial charge in [0.2, 0.25) is 0 Å². The van der Waals surface area contributed by atoms with E-state index in [9.17, 15) is 4.39 Å². The van der Waals surface area contributed by atoms with Crippen LogP contribution in [0.25, 0.3) is 0 Å². The Balaban J connectivity index is 2.26. The van der Waals surface area contributed by atoms with Crippen LogP contribution in [0.4, 0.5) is 4.39 Å². The van der Waals surface area contributed by atoms with E-state index in [2.05, 4.69) is 31.1 Å². The molecule has 3 heteroatoms. The number of nitrogens with zero attached hydrogens (tertiary/aromatic N) is 1. The van der Waals surface area contributed by atoms with Crippen LogP contribution >= 0.6 is 0 Å². The predicted molar refractivity (Wildman–Crippen MR) is 63.8 cm³/mol. The number of benzene rings is 1. The van der Waals surface area contributed by atoms with Gasteiger partial charge in [-0.3, -0.25) is 4.90 Å². The lowest BCUT2D eigenvalue weighted by Crippen LogP contribution is -2.60. The van der Waals surface area contributed by atoms with Gasteiger partial charge in [0.1, 0.15) is 5.82 Å². The van der Waals surface area contributed by atoms with Crippen molar-refractivity contribution >= 4 is 0 Å². The van der Waals surface area contributed by atoms with Crippen molar-refractivity contribution in [1.82, 2.24) is 10.2 Å². The van der Waals surface area contributed by atoms with E-state index in [0.717, 1.165) is 18.7 Å². The highest BCUT2D eigenvalue weighted by Gasteiger charge is 2.35. The van der Waals surface area contributed by atoms with Gasteiger partial charge in [0.05, 0.1) is 0 Å². The van der Waals surface area contributed by atoms with E-state index in [1.807, 2.05) is 12.1 Å². The molecule has 0 aliphatic carbocycles. The summed E-state index contributed by atoms with van der Waals surface area (Å²) in [6, 6.07) is 7.55. The van der Waals surface area contributed by atoms with E-state index in [0.29, 0.717) is 6.04 Å². The van der Waals surface area contributed by atoms with E-state index >= 15 is 0 Å². The van der Waals surface area contributed by atoms with Crippen LogP contribution < -0.4 is 5.32 Å². The molecule has 1 heterocycles. The van der Waals surface area contributed by atoms with Gasteiger partial charge in [-0.2, -0.15) is 0 Å². The summed E-state index contributed by atoms with van der Waals surface area (Å²) in [4.78, 5) is 2.25. The van der Waals surface area contributed by atoms with Crippen LogP contribution in [0.3, 0.4) is 0 Å². The maximum atomic E-state index is 13.8. The van der Waals surface area contributed by atoms with Gasteiger partial charge in [-0.1, -0.05) is 18.2 Å². The lowest BCUT2D eigenvalue weighted by molar-refractivity contribution is 0.0660. The lowest BCUT2D eigenvalue weighted by Gasteiger charge is -2.45. The van der Waals surface area contributed by atoms with E-state index in [4.69, 9.17) is 0 Å². The lowest BCUT2D eigenvalue weighted by atomic mass is 9.90. The van der Waals surface area contributed by atoms with E-state index in [1.165, 1.54) is 6.07 Å². The molecule has 0 aromatic heterocycles. The summed E-state index contributed by atoms with van der Waals surface area (Å²) in [5, 5.41) is 3.24. The molecule has 1 aliphatic heterocycles. The monoisotopic (exact) mass is 222 g/mol. The van der Waals surface area contributed by atoms with E-state index < -0.39 is 0 Å². The Morgan fingerprint density at radius 3 is 2.44 bits per heavy atom. The highest BCUT2D eigenvalue weighted by Crippen LogP contribution is 2.30. The standard InChI is InChI=1S/C13H19FN2/c1-13(2,16(3)10-8-15-9-10)11-6-4-5-7-12(11)14/h4-7,10,15H,8-9H2,1-3H3. The second-order valence-electron chi connectivity index (χ2n) is 4.96. The SMILES string of the molecule is CN(C1CNC1)C(C)(C)c1ccccc1F. The molecule has 1 aromatic carbocycles. The summed E-state index contributed by atoms with van der Waals surface area (Å²) in [6.07, 6.45) is 0. The molecule has 0 spiro atoms. The molecule has 0 amide bonds. The molecule has 0 saturated carbocycles. The van der Waals surface area contributed by atoms with Crippen LogP contribution in [-0.2, 0) is 5.54 Å². The topological polar surface area (TPSA) is 15.3 Å². The number of halogens is 1. The average molecular weight is 222 g/mol. The second kappa shape index (κ2) is 4.15.